The third kappa shape index (κ3) is 2.86. The van der Waals surface area contributed by atoms with Crippen LogP contribution in [0.2, 0.25) is 5.02 Å². The maximum absolute atomic E-state index is 10.4. The summed E-state index contributed by atoms with van der Waals surface area (Å²) < 4.78 is 10.4. The number of aliphatic hydroxyl groups is 1. The van der Waals surface area contributed by atoms with Gasteiger partial charge in [-0.15, -0.1) is 11.3 Å². The summed E-state index contributed by atoms with van der Waals surface area (Å²) in [5.74, 6) is 1.10. The molecule has 1 unspecified atom stereocenters. The average Bonchev–Trinajstić information content (AvgIpc) is 2.84. The molecule has 1 atom stereocenters. The van der Waals surface area contributed by atoms with Crippen LogP contribution >= 0.6 is 22.9 Å². The molecule has 1 aromatic carbocycles. The third-order valence-electron chi connectivity index (χ3n) is 2.83. The topological polar surface area (TPSA) is 38.7 Å². The number of halogens is 1. The maximum Gasteiger partial charge on any atom is 0.162 e. The first-order valence-corrected chi connectivity index (χ1v) is 6.92. The molecule has 19 heavy (non-hydrogen) atoms. The number of methoxy groups -OCH3 is 2. The molecule has 1 heterocycles. The molecular weight excluding hydrogens is 284 g/mol. The van der Waals surface area contributed by atoms with Crippen LogP contribution in [0.1, 0.15) is 21.4 Å². The lowest BCUT2D eigenvalue weighted by atomic mass is 10.1. The number of hydrogen-bond donors (Lipinski definition) is 1. The van der Waals surface area contributed by atoms with Gasteiger partial charge in [-0.05, 0) is 25.1 Å². The average molecular weight is 299 g/mol. The van der Waals surface area contributed by atoms with Gasteiger partial charge >= 0.3 is 0 Å². The highest BCUT2D eigenvalue weighted by Gasteiger charge is 2.19. The van der Waals surface area contributed by atoms with Crippen molar-refractivity contribution in [2.45, 2.75) is 13.0 Å². The van der Waals surface area contributed by atoms with Crippen molar-refractivity contribution in [2.75, 3.05) is 14.2 Å². The van der Waals surface area contributed by atoms with Crippen molar-refractivity contribution in [2.24, 2.45) is 0 Å². The van der Waals surface area contributed by atoms with E-state index < -0.39 is 6.10 Å². The summed E-state index contributed by atoms with van der Waals surface area (Å²) in [6, 6.07) is 7.23. The van der Waals surface area contributed by atoms with Gasteiger partial charge in [0, 0.05) is 21.4 Å². The highest BCUT2D eigenvalue weighted by molar-refractivity contribution is 7.12. The lowest BCUT2D eigenvalue weighted by Gasteiger charge is -2.15. The minimum Gasteiger partial charge on any atom is -0.493 e. The molecule has 5 heteroatoms. The minimum absolute atomic E-state index is 0.455. The van der Waals surface area contributed by atoms with Crippen LogP contribution < -0.4 is 9.47 Å². The summed E-state index contributed by atoms with van der Waals surface area (Å²) in [5, 5.41) is 10.9. The van der Waals surface area contributed by atoms with Crippen molar-refractivity contribution in [1.82, 2.24) is 0 Å². The molecule has 0 aliphatic rings. The van der Waals surface area contributed by atoms with Crippen LogP contribution in [0.3, 0.4) is 0 Å². The van der Waals surface area contributed by atoms with E-state index in [4.69, 9.17) is 21.1 Å². The predicted molar refractivity (Wildman–Crippen MR) is 77.7 cm³/mol. The second-order valence-corrected chi connectivity index (χ2v) is 5.81. The first kappa shape index (κ1) is 14.2. The van der Waals surface area contributed by atoms with E-state index in [2.05, 4.69) is 0 Å². The minimum atomic E-state index is -0.758. The fraction of sp³-hybridized carbons (Fsp3) is 0.286. The van der Waals surface area contributed by atoms with Gasteiger partial charge in [-0.3, -0.25) is 0 Å². The van der Waals surface area contributed by atoms with Crippen LogP contribution in [0.4, 0.5) is 0 Å². The second-order valence-electron chi connectivity index (χ2n) is 4.08. The predicted octanol–water partition coefficient (Wildman–Crippen LogP) is 3.81. The molecule has 0 saturated heterocycles. The SMILES string of the molecule is COc1cc(Cl)c(C(O)c2ccc(C)s2)cc1OC. The number of aryl methyl sites for hydroxylation is 1. The van der Waals surface area contributed by atoms with E-state index in [9.17, 15) is 5.11 Å². The smallest absolute Gasteiger partial charge is 0.162 e. The zero-order valence-electron chi connectivity index (χ0n) is 10.9. The van der Waals surface area contributed by atoms with Gasteiger partial charge in [0.05, 0.1) is 19.2 Å². The largest absolute Gasteiger partial charge is 0.493 e. The van der Waals surface area contributed by atoms with Crippen molar-refractivity contribution < 1.29 is 14.6 Å². The monoisotopic (exact) mass is 298 g/mol. The van der Waals surface area contributed by atoms with Crippen molar-refractivity contribution in [3.8, 4) is 11.5 Å². The first-order valence-electron chi connectivity index (χ1n) is 5.72. The van der Waals surface area contributed by atoms with E-state index >= 15 is 0 Å². The third-order valence-corrected chi connectivity index (χ3v) is 4.21. The fourth-order valence-electron chi connectivity index (χ4n) is 1.83. The van der Waals surface area contributed by atoms with E-state index in [0.29, 0.717) is 22.1 Å². The lowest BCUT2D eigenvalue weighted by Crippen LogP contribution is -2.00. The van der Waals surface area contributed by atoms with Crippen LogP contribution in [0, 0.1) is 6.92 Å². The number of ether oxygens (including phenoxy) is 2. The first-order chi connectivity index (χ1) is 9.06. The Morgan fingerprint density at radius 2 is 1.79 bits per heavy atom. The Morgan fingerprint density at radius 1 is 1.16 bits per heavy atom. The van der Waals surface area contributed by atoms with Crippen molar-refractivity contribution in [1.29, 1.82) is 0 Å². The van der Waals surface area contributed by atoms with E-state index in [1.165, 1.54) is 0 Å². The van der Waals surface area contributed by atoms with E-state index in [0.717, 1.165) is 9.75 Å². The molecule has 0 aliphatic carbocycles. The van der Waals surface area contributed by atoms with Gasteiger partial charge in [0.2, 0.25) is 0 Å². The van der Waals surface area contributed by atoms with Crippen molar-refractivity contribution in [3.05, 3.63) is 44.6 Å². The van der Waals surface area contributed by atoms with E-state index in [1.807, 2.05) is 19.1 Å². The molecule has 3 nitrogen and oxygen atoms in total. The van der Waals surface area contributed by atoms with Crippen LogP contribution in [0.25, 0.3) is 0 Å². The lowest BCUT2D eigenvalue weighted by molar-refractivity contribution is 0.223. The Bertz CT molecular complexity index is 580. The number of rotatable bonds is 4. The summed E-state index contributed by atoms with van der Waals surface area (Å²) in [4.78, 5) is 2.00. The van der Waals surface area contributed by atoms with Crippen LogP contribution in [0.15, 0.2) is 24.3 Å². The fourth-order valence-corrected chi connectivity index (χ4v) is 2.97. The second kappa shape index (κ2) is 5.82. The molecule has 102 valence electrons. The summed E-state index contributed by atoms with van der Waals surface area (Å²) in [6.07, 6.45) is -0.758. The number of thiophene rings is 1. The van der Waals surface area contributed by atoms with Gasteiger partial charge in [-0.25, -0.2) is 0 Å². The summed E-state index contributed by atoms with van der Waals surface area (Å²) in [6.45, 7) is 2.00. The Hall–Kier alpha value is -1.23. The molecule has 1 aromatic heterocycles. The van der Waals surface area contributed by atoms with Crippen LogP contribution in [-0.4, -0.2) is 19.3 Å². The molecule has 2 rings (SSSR count). The van der Waals surface area contributed by atoms with E-state index in [1.54, 1.807) is 37.7 Å². The summed E-state index contributed by atoms with van der Waals surface area (Å²) in [7, 11) is 3.10. The quantitative estimate of drug-likeness (QED) is 0.933. The maximum atomic E-state index is 10.4. The van der Waals surface area contributed by atoms with Crippen LogP contribution in [0.5, 0.6) is 11.5 Å². The molecule has 0 spiro atoms. The molecule has 0 bridgehead atoms. The van der Waals surface area contributed by atoms with Gasteiger partial charge in [0.15, 0.2) is 11.5 Å². The zero-order valence-corrected chi connectivity index (χ0v) is 12.5. The highest BCUT2D eigenvalue weighted by atomic mass is 35.5. The molecule has 0 fully saturated rings. The normalized spacial score (nSPS) is 12.3. The van der Waals surface area contributed by atoms with Gasteiger partial charge < -0.3 is 14.6 Å². The molecule has 1 N–H and O–H groups in total. The van der Waals surface area contributed by atoms with Crippen molar-refractivity contribution in [3.63, 3.8) is 0 Å². The standard InChI is InChI=1S/C14H15ClO3S/c1-8-4-5-13(19-8)14(16)9-6-11(17-2)12(18-3)7-10(9)15/h4-7,14,16H,1-3H3. The molecule has 0 aliphatic heterocycles. The van der Waals surface area contributed by atoms with Gasteiger partial charge in [-0.1, -0.05) is 11.6 Å². The summed E-state index contributed by atoms with van der Waals surface area (Å²) >= 11 is 7.74. The number of benzene rings is 1. The molecule has 0 saturated carbocycles. The van der Waals surface area contributed by atoms with E-state index in [-0.39, 0.29) is 0 Å². The zero-order chi connectivity index (χ0) is 14.0. The number of aliphatic hydroxyl groups excluding tert-OH is 1. The van der Waals surface area contributed by atoms with Gasteiger partial charge in [0.1, 0.15) is 6.10 Å². The highest BCUT2D eigenvalue weighted by Crippen LogP contribution is 2.39. The molecular formula is C14H15ClO3S. The van der Waals surface area contributed by atoms with Crippen molar-refractivity contribution >= 4 is 22.9 Å². The van der Waals surface area contributed by atoms with Gasteiger partial charge in [0.25, 0.3) is 0 Å². The number of hydrogen-bond acceptors (Lipinski definition) is 4. The Kier molecular flexibility index (Phi) is 4.34. The Balaban J connectivity index is 2.44. The van der Waals surface area contributed by atoms with Gasteiger partial charge in [-0.2, -0.15) is 0 Å². The molecule has 0 amide bonds. The summed E-state index contributed by atoms with van der Waals surface area (Å²) in [5.41, 5.74) is 0.612. The van der Waals surface area contributed by atoms with Crippen LogP contribution in [-0.2, 0) is 0 Å². The molecule has 0 radical (unpaired) electrons. The Labute approximate surface area is 121 Å². The Morgan fingerprint density at radius 3 is 2.32 bits per heavy atom. The molecule has 2 aromatic rings.